The van der Waals surface area contributed by atoms with Crippen LogP contribution in [0.3, 0.4) is 0 Å². The van der Waals surface area contributed by atoms with Gasteiger partial charge in [0, 0.05) is 17.8 Å². The average molecular weight is 406 g/mol. The largest absolute Gasteiger partial charge is 0.445 e. The number of carbonyl (C=O) groups excluding carboxylic acids is 1. The molecular weight excluding hydrogens is 380 g/mol. The molecule has 2 aliphatic rings. The van der Waals surface area contributed by atoms with E-state index in [2.05, 4.69) is 46.0 Å². The highest BCUT2D eigenvalue weighted by Gasteiger charge is 2.39. The standard InChI is InChI=1S/C22H26N6O2/c1-12(2)18-14-5-8-28(9-16(14)23-11-24-18)21(29)15-10-30-20-17(15)19(25-13(3)26-20)27-22(4)6-7-22/h10-12H,5-9H2,1-4H3,(H,25,26,27). The Labute approximate surface area is 175 Å². The lowest BCUT2D eigenvalue weighted by atomic mass is 9.96. The fourth-order valence-electron chi connectivity index (χ4n) is 4.12. The maximum Gasteiger partial charge on any atom is 0.258 e. The number of carbonyl (C=O) groups is 1. The summed E-state index contributed by atoms with van der Waals surface area (Å²) >= 11 is 0. The highest BCUT2D eigenvalue weighted by molar-refractivity contribution is 6.09. The van der Waals surface area contributed by atoms with Gasteiger partial charge in [-0.05, 0) is 44.6 Å². The van der Waals surface area contributed by atoms with Crippen LogP contribution in [0.2, 0.25) is 0 Å². The Morgan fingerprint density at radius 1 is 1.27 bits per heavy atom. The topological polar surface area (TPSA) is 97.0 Å². The molecular formula is C22H26N6O2. The average Bonchev–Trinajstić information content (AvgIpc) is 3.28. The molecule has 3 aromatic rings. The third-order valence-electron chi connectivity index (χ3n) is 6.07. The van der Waals surface area contributed by atoms with Crippen LogP contribution in [0, 0.1) is 6.92 Å². The van der Waals surface area contributed by atoms with E-state index in [1.807, 2.05) is 11.8 Å². The van der Waals surface area contributed by atoms with Gasteiger partial charge in [0.1, 0.15) is 24.2 Å². The summed E-state index contributed by atoms with van der Waals surface area (Å²) in [5.41, 5.74) is 4.15. The van der Waals surface area contributed by atoms with E-state index in [1.165, 1.54) is 11.8 Å². The van der Waals surface area contributed by atoms with Gasteiger partial charge in [-0.1, -0.05) is 13.8 Å². The van der Waals surface area contributed by atoms with E-state index in [1.54, 1.807) is 6.33 Å². The monoisotopic (exact) mass is 406 g/mol. The highest BCUT2D eigenvalue weighted by atomic mass is 16.3. The minimum atomic E-state index is -0.0828. The molecule has 0 atom stereocenters. The van der Waals surface area contributed by atoms with Crippen molar-refractivity contribution in [3.63, 3.8) is 0 Å². The van der Waals surface area contributed by atoms with E-state index in [4.69, 9.17) is 4.42 Å². The Morgan fingerprint density at radius 2 is 2.07 bits per heavy atom. The summed E-state index contributed by atoms with van der Waals surface area (Å²) in [4.78, 5) is 33.2. The molecule has 0 unspecified atom stereocenters. The van der Waals surface area contributed by atoms with Crippen molar-refractivity contribution in [2.75, 3.05) is 11.9 Å². The normalized spacial score (nSPS) is 17.3. The molecule has 3 aromatic heterocycles. The number of rotatable bonds is 4. The molecule has 1 aliphatic heterocycles. The van der Waals surface area contributed by atoms with Gasteiger partial charge in [0.25, 0.3) is 5.91 Å². The Bertz CT molecular complexity index is 1150. The van der Waals surface area contributed by atoms with Crippen molar-refractivity contribution < 1.29 is 9.21 Å². The summed E-state index contributed by atoms with van der Waals surface area (Å²) in [7, 11) is 0. The third-order valence-corrected chi connectivity index (χ3v) is 6.07. The number of nitrogens with zero attached hydrogens (tertiary/aromatic N) is 5. The fourth-order valence-corrected chi connectivity index (χ4v) is 4.12. The van der Waals surface area contributed by atoms with Gasteiger partial charge in [-0.2, -0.15) is 4.98 Å². The molecule has 1 amide bonds. The predicted molar refractivity (Wildman–Crippen MR) is 112 cm³/mol. The highest BCUT2D eigenvalue weighted by Crippen LogP contribution is 2.40. The van der Waals surface area contributed by atoms with E-state index < -0.39 is 0 Å². The van der Waals surface area contributed by atoms with Crippen LogP contribution in [0.4, 0.5) is 5.82 Å². The van der Waals surface area contributed by atoms with Crippen molar-refractivity contribution >= 4 is 22.8 Å². The number of furan rings is 1. The smallest absolute Gasteiger partial charge is 0.258 e. The fraction of sp³-hybridized carbons (Fsp3) is 0.500. The van der Waals surface area contributed by atoms with Crippen LogP contribution in [0.15, 0.2) is 17.0 Å². The Hall–Kier alpha value is -3.03. The summed E-state index contributed by atoms with van der Waals surface area (Å²) in [5, 5.41) is 4.16. The van der Waals surface area contributed by atoms with Crippen molar-refractivity contribution in [2.45, 2.75) is 65.0 Å². The first-order valence-corrected chi connectivity index (χ1v) is 10.5. The van der Waals surface area contributed by atoms with Gasteiger partial charge >= 0.3 is 0 Å². The maximum atomic E-state index is 13.5. The molecule has 30 heavy (non-hydrogen) atoms. The van der Waals surface area contributed by atoms with Crippen LogP contribution in [0.5, 0.6) is 0 Å². The molecule has 4 heterocycles. The molecule has 1 saturated carbocycles. The van der Waals surface area contributed by atoms with Gasteiger partial charge in [0.15, 0.2) is 0 Å². The summed E-state index contributed by atoms with van der Waals surface area (Å²) in [6.07, 6.45) is 6.03. The molecule has 1 fully saturated rings. The minimum Gasteiger partial charge on any atom is -0.445 e. The molecule has 156 valence electrons. The molecule has 1 N–H and O–H groups in total. The summed E-state index contributed by atoms with van der Waals surface area (Å²) in [5.74, 6) is 1.55. The second kappa shape index (κ2) is 6.75. The van der Waals surface area contributed by atoms with Crippen molar-refractivity contribution in [3.8, 4) is 0 Å². The molecule has 8 nitrogen and oxygen atoms in total. The molecule has 0 bridgehead atoms. The van der Waals surface area contributed by atoms with Gasteiger partial charge in [-0.25, -0.2) is 15.0 Å². The van der Waals surface area contributed by atoms with Gasteiger partial charge in [0.05, 0.1) is 23.2 Å². The zero-order valence-electron chi connectivity index (χ0n) is 17.8. The van der Waals surface area contributed by atoms with Crippen LogP contribution in [-0.2, 0) is 13.0 Å². The molecule has 0 radical (unpaired) electrons. The Morgan fingerprint density at radius 3 is 2.80 bits per heavy atom. The van der Waals surface area contributed by atoms with Gasteiger partial charge in [-0.15, -0.1) is 0 Å². The van der Waals surface area contributed by atoms with E-state index in [9.17, 15) is 4.79 Å². The number of aryl methyl sites for hydroxylation is 1. The number of aromatic nitrogens is 4. The van der Waals surface area contributed by atoms with Crippen LogP contribution >= 0.6 is 0 Å². The molecule has 0 spiro atoms. The number of anilines is 1. The molecule has 0 aromatic carbocycles. The number of fused-ring (bicyclic) bond motifs is 2. The number of nitrogens with one attached hydrogen (secondary N) is 1. The Balaban J connectivity index is 1.49. The van der Waals surface area contributed by atoms with E-state index in [-0.39, 0.29) is 11.4 Å². The quantitative estimate of drug-likeness (QED) is 0.707. The predicted octanol–water partition coefficient (Wildman–Crippen LogP) is 3.61. The second-order valence-corrected chi connectivity index (χ2v) is 8.95. The van der Waals surface area contributed by atoms with Crippen LogP contribution < -0.4 is 5.32 Å². The molecule has 8 heteroatoms. The summed E-state index contributed by atoms with van der Waals surface area (Å²) < 4.78 is 5.67. The second-order valence-electron chi connectivity index (χ2n) is 8.95. The SMILES string of the molecule is Cc1nc(NC2(C)CC2)c2c(C(=O)N3CCc4c(ncnc4C(C)C)C3)coc2n1. The number of hydrogen-bond donors (Lipinski definition) is 1. The first-order chi connectivity index (χ1) is 14.3. The zero-order chi connectivity index (χ0) is 21.0. The van der Waals surface area contributed by atoms with Crippen LogP contribution in [0.25, 0.3) is 11.1 Å². The molecule has 5 rings (SSSR count). The summed E-state index contributed by atoms with van der Waals surface area (Å²) in [6, 6.07) is 0. The van der Waals surface area contributed by atoms with Gasteiger partial charge < -0.3 is 14.6 Å². The van der Waals surface area contributed by atoms with Crippen LogP contribution in [0.1, 0.15) is 72.7 Å². The van der Waals surface area contributed by atoms with Crippen LogP contribution in [-0.4, -0.2) is 42.8 Å². The number of amides is 1. The molecule has 0 saturated heterocycles. The maximum absolute atomic E-state index is 13.5. The Kier molecular flexibility index (Phi) is 4.27. The van der Waals surface area contributed by atoms with Gasteiger partial charge in [-0.3, -0.25) is 4.79 Å². The lowest BCUT2D eigenvalue weighted by molar-refractivity contribution is 0.0732. The minimum absolute atomic E-state index is 0.0273. The first kappa shape index (κ1) is 19.0. The third kappa shape index (κ3) is 3.20. The number of hydrogen-bond acceptors (Lipinski definition) is 7. The van der Waals surface area contributed by atoms with E-state index in [0.29, 0.717) is 47.3 Å². The summed E-state index contributed by atoms with van der Waals surface area (Å²) in [6.45, 7) is 9.35. The van der Waals surface area contributed by atoms with E-state index in [0.717, 1.165) is 30.7 Å². The lowest BCUT2D eigenvalue weighted by Crippen LogP contribution is -2.37. The molecule has 1 aliphatic carbocycles. The van der Waals surface area contributed by atoms with Gasteiger partial charge in [0.2, 0.25) is 5.71 Å². The van der Waals surface area contributed by atoms with Crippen molar-refractivity contribution in [1.29, 1.82) is 0 Å². The van der Waals surface area contributed by atoms with Crippen molar-refractivity contribution in [3.05, 3.63) is 40.9 Å². The van der Waals surface area contributed by atoms with Crippen molar-refractivity contribution in [2.24, 2.45) is 0 Å². The van der Waals surface area contributed by atoms with Crippen molar-refractivity contribution in [1.82, 2.24) is 24.8 Å². The first-order valence-electron chi connectivity index (χ1n) is 10.5. The lowest BCUT2D eigenvalue weighted by Gasteiger charge is -2.29. The van der Waals surface area contributed by atoms with E-state index >= 15 is 0 Å². The zero-order valence-corrected chi connectivity index (χ0v) is 17.8.